The lowest BCUT2D eigenvalue weighted by Crippen LogP contribution is -2.55. The molecule has 2 unspecified atom stereocenters. The molecule has 1 heterocycles. The fraction of sp³-hybridized carbons (Fsp3) is 0.500. The lowest BCUT2D eigenvalue weighted by atomic mass is 10.00. The number of amides is 1. The third kappa shape index (κ3) is 4.04. The van der Waals surface area contributed by atoms with E-state index >= 15 is 0 Å². The van der Waals surface area contributed by atoms with Crippen LogP contribution >= 0.6 is 0 Å². The normalized spacial score (nSPS) is 18.2. The zero-order valence-corrected chi connectivity index (χ0v) is 12.8. The number of piperazine rings is 1. The van der Waals surface area contributed by atoms with Gasteiger partial charge >= 0.3 is 0 Å². The van der Waals surface area contributed by atoms with Gasteiger partial charge in [0.2, 0.25) is 5.91 Å². The van der Waals surface area contributed by atoms with E-state index in [2.05, 4.69) is 5.32 Å². The van der Waals surface area contributed by atoms with Crippen LogP contribution in [0.3, 0.4) is 0 Å². The van der Waals surface area contributed by atoms with Crippen molar-refractivity contribution in [3.05, 3.63) is 35.9 Å². The topological polar surface area (TPSA) is 79.6 Å². The number of hydrogen-bond acceptors (Lipinski definition) is 5. The molecule has 6 heteroatoms. The van der Waals surface area contributed by atoms with Crippen molar-refractivity contribution in [2.24, 2.45) is 0 Å². The van der Waals surface area contributed by atoms with Crippen molar-refractivity contribution in [3.8, 4) is 6.07 Å². The fourth-order valence-electron chi connectivity index (χ4n) is 2.80. The maximum atomic E-state index is 12.2. The number of hydrazine groups is 1. The number of nitrogens with zero attached hydrogens (tertiary/aromatic N) is 3. The third-order valence-electron chi connectivity index (χ3n) is 3.80. The van der Waals surface area contributed by atoms with Crippen LogP contribution in [0.15, 0.2) is 30.3 Å². The van der Waals surface area contributed by atoms with Gasteiger partial charge in [0.05, 0.1) is 12.1 Å². The van der Waals surface area contributed by atoms with Crippen LogP contribution in [0.25, 0.3) is 0 Å². The summed E-state index contributed by atoms with van der Waals surface area (Å²) < 4.78 is 0. The van der Waals surface area contributed by atoms with E-state index < -0.39 is 6.10 Å². The molecule has 0 aliphatic carbocycles. The number of carbonyl (C=O) groups excluding carboxylic acids is 1. The number of hydrogen-bond donors (Lipinski definition) is 2. The van der Waals surface area contributed by atoms with Gasteiger partial charge in [0.25, 0.3) is 0 Å². The lowest BCUT2D eigenvalue weighted by molar-refractivity contribution is -0.156. The van der Waals surface area contributed by atoms with Crippen molar-refractivity contribution in [2.45, 2.75) is 25.5 Å². The molecule has 0 saturated carbocycles. The molecule has 1 aliphatic heterocycles. The molecule has 1 aromatic rings. The molecule has 1 saturated heterocycles. The zero-order chi connectivity index (χ0) is 15.9. The Morgan fingerprint density at radius 1 is 1.41 bits per heavy atom. The maximum absolute atomic E-state index is 12.2. The summed E-state index contributed by atoms with van der Waals surface area (Å²) in [6.45, 7) is 4.60. The number of benzene rings is 1. The average molecular weight is 302 g/mol. The number of carbonyl (C=O) groups is 1. The molecule has 118 valence electrons. The van der Waals surface area contributed by atoms with E-state index in [0.29, 0.717) is 0 Å². The summed E-state index contributed by atoms with van der Waals surface area (Å²) in [5.41, 5.74) is 0.922. The molecular formula is C16H22N4O2. The summed E-state index contributed by atoms with van der Waals surface area (Å²) in [6.07, 6.45) is -0.903. The SMILES string of the molecule is CC(=O)N(C(CC(O)C#N)c1ccccc1)N1CCNCC1. The summed E-state index contributed by atoms with van der Waals surface area (Å²) in [7, 11) is 0. The van der Waals surface area contributed by atoms with Crippen LogP contribution in [0.4, 0.5) is 0 Å². The molecule has 1 aliphatic rings. The van der Waals surface area contributed by atoms with E-state index in [-0.39, 0.29) is 18.4 Å². The Morgan fingerprint density at radius 2 is 2.05 bits per heavy atom. The summed E-state index contributed by atoms with van der Waals surface area (Å²) >= 11 is 0. The largest absolute Gasteiger partial charge is 0.378 e. The van der Waals surface area contributed by atoms with E-state index in [4.69, 9.17) is 5.26 Å². The van der Waals surface area contributed by atoms with Crippen LogP contribution in [-0.4, -0.2) is 53.3 Å². The van der Waals surface area contributed by atoms with Crippen LogP contribution in [0.1, 0.15) is 24.9 Å². The van der Waals surface area contributed by atoms with Crippen molar-refractivity contribution in [1.29, 1.82) is 5.26 Å². The number of nitrogens with one attached hydrogen (secondary N) is 1. The predicted molar refractivity (Wildman–Crippen MR) is 82.4 cm³/mol. The second-order valence-corrected chi connectivity index (χ2v) is 5.37. The Labute approximate surface area is 130 Å². The standard InChI is InChI=1S/C16H22N4O2/c1-13(21)20(19-9-7-18-8-10-19)16(11-15(22)12-17)14-5-3-2-4-6-14/h2-6,15-16,18,22H,7-11H2,1H3. The number of nitriles is 1. The van der Waals surface area contributed by atoms with Gasteiger partial charge in [-0.3, -0.25) is 9.80 Å². The minimum atomic E-state index is -1.10. The second kappa shape index (κ2) is 7.90. The molecule has 1 fully saturated rings. The summed E-state index contributed by atoms with van der Waals surface area (Å²) in [5.74, 6) is -0.0825. The fourth-order valence-corrected chi connectivity index (χ4v) is 2.80. The van der Waals surface area contributed by atoms with Crippen molar-refractivity contribution in [3.63, 3.8) is 0 Å². The lowest BCUT2D eigenvalue weighted by Gasteiger charge is -2.42. The minimum absolute atomic E-state index is 0.0825. The van der Waals surface area contributed by atoms with Gasteiger partial charge in [0, 0.05) is 39.5 Å². The first-order chi connectivity index (χ1) is 10.6. The Balaban J connectivity index is 2.31. The molecule has 0 aromatic heterocycles. The maximum Gasteiger partial charge on any atom is 0.234 e. The van der Waals surface area contributed by atoms with E-state index in [1.807, 2.05) is 41.4 Å². The summed E-state index contributed by atoms with van der Waals surface area (Å²) in [6, 6.07) is 11.1. The molecule has 2 rings (SSSR count). The van der Waals surface area contributed by atoms with E-state index in [9.17, 15) is 9.90 Å². The molecule has 2 N–H and O–H groups in total. The van der Waals surface area contributed by atoms with E-state index in [1.165, 1.54) is 6.92 Å². The first-order valence-electron chi connectivity index (χ1n) is 7.51. The molecule has 0 radical (unpaired) electrons. The van der Waals surface area contributed by atoms with E-state index in [0.717, 1.165) is 31.7 Å². The van der Waals surface area contributed by atoms with Crippen LogP contribution < -0.4 is 5.32 Å². The summed E-state index contributed by atoms with van der Waals surface area (Å²) in [4.78, 5) is 12.2. The summed E-state index contributed by atoms with van der Waals surface area (Å²) in [5, 5.41) is 25.7. The minimum Gasteiger partial charge on any atom is -0.378 e. The van der Waals surface area contributed by atoms with Crippen molar-refractivity contribution in [1.82, 2.24) is 15.3 Å². The Hall–Kier alpha value is -1.94. The first kappa shape index (κ1) is 16.4. The van der Waals surface area contributed by atoms with Gasteiger partial charge in [-0.05, 0) is 5.56 Å². The van der Waals surface area contributed by atoms with E-state index in [1.54, 1.807) is 5.01 Å². The Bertz CT molecular complexity index is 523. The molecule has 22 heavy (non-hydrogen) atoms. The molecule has 6 nitrogen and oxygen atoms in total. The molecular weight excluding hydrogens is 280 g/mol. The molecule has 1 amide bonds. The molecule has 0 spiro atoms. The highest BCUT2D eigenvalue weighted by Crippen LogP contribution is 2.27. The van der Waals surface area contributed by atoms with Crippen LogP contribution in [0.5, 0.6) is 0 Å². The predicted octanol–water partition coefficient (Wildman–Crippen LogP) is 0.671. The highest BCUT2D eigenvalue weighted by molar-refractivity contribution is 5.73. The van der Waals surface area contributed by atoms with Gasteiger partial charge in [-0.1, -0.05) is 30.3 Å². The average Bonchev–Trinajstić information content (AvgIpc) is 2.55. The van der Waals surface area contributed by atoms with Crippen LogP contribution in [0.2, 0.25) is 0 Å². The smallest absolute Gasteiger partial charge is 0.234 e. The van der Waals surface area contributed by atoms with Crippen LogP contribution in [-0.2, 0) is 4.79 Å². The number of rotatable bonds is 5. The zero-order valence-electron chi connectivity index (χ0n) is 12.8. The van der Waals surface area contributed by atoms with Gasteiger partial charge in [-0.2, -0.15) is 5.26 Å². The van der Waals surface area contributed by atoms with Gasteiger partial charge in [-0.25, -0.2) is 5.01 Å². The highest BCUT2D eigenvalue weighted by atomic mass is 16.3. The van der Waals surface area contributed by atoms with Gasteiger partial charge in [0.15, 0.2) is 0 Å². The van der Waals surface area contributed by atoms with Crippen molar-refractivity contribution in [2.75, 3.05) is 26.2 Å². The Kier molecular flexibility index (Phi) is 5.90. The number of aliphatic hydroxyl groups is 1. The highest BCUT2D eigenvalue weighted by Gasteiger charge is 2.30. The third-order valence-corrected chi connectivity index (χ3v) is 3.80. The molecule has 1 aromatic carbocycles. The second-order valence-electron chi connectivity index (χ2n) is 5.37. The number of aliphatic hydroxyl groups excluding tert-OH is 1. The van der Waals surface area contributed by atoms with Gasteiger partial charge in [0.1, 0.15) is 6.10 Å². The van der Waals surface area contributed by atoms with Gasteiger partial charge in [-0.15, -0.1) is 0 Å². The first-order valence-corrected chi connectivity index (χ1v) is 7.51. The van der Waals surface area contributed by atoms with Gasteiger partial charge < -0.3 is 10.4 Å². The van der Waals surface area contributed by atoms with Crippen molar-refractivity contribution < 1.29 is 9.90 Å². The monoisotopic (exact) mass is 302 g/mol. The molecule has 0 bridgehead atoms. The quantitative estimate of drug-likeness (QED) is 0.782. The van der Waals surface area contributed by atoms with Crippen molar-refractivity contribution >= 4 is 5.91 Å². The molecule has 2 atom stereocenters. The Morgan fingerprint density at radius 3 is 2.59 bits per heavy atom. The van der Waals surface area contributed by atoms with Crippen LogP contribution in [0, 0.1) is 11.3 Å².